The number of halogens is 5. The zero-order valence-electron chi connectivity index (χ0n) is 9.93. The Kier molecular flexibility index (Phi) is 3.52. The number of benzene rings is 2. The Morgan fingerprint density at radius 3 is 2.10 bits per heavy atom. The van der Waals surface area contributed by atoms with Crippen molar-refractivity contribution in [1.82, 2.24) is 0 Å². The first-order valence-corrected chi connectivity index (χ1v) is 5.47. The third kappa shape index (κ3) is 2.81. The molecule has 0 aliphatic carbocycles. The first-order valence-electron chi connectivity index (χ1n) is 5.47. The van der Waals surface area contributed by atoms with Crippen LogP contribution in [0.5, 0.6) is 0 Å². The highest BCUT2D eigenvalue weighted by Crippen LogP contribution is 2.37. The van der Waals surface area contributed by atoms with E-state index < -0.39 is 34.7 Å². The molecule has 0 radical (unpaired) electrons. The highest BCUT2D eigenvalue weighted by Gasteiger charge is 2.34. The number of nitrogens with one attached hydrogen (secondary N) is 1. The largest absolute Gasteiger partial charge is 0.418 e. The van der Waals surface area contributed by atoms with Crippen molar-refractivity contribution in [2.75, 3.05) is 11.1 Å². The summed E-state index contributed by atoms with van der Waals surface area (Å²) in [4.78, 5) is 0. The lowest BCUT2D eigenvalue weighted by molar-refractivity contribution is -0.136. The Bertz CT molecular complexity index is 617. The number of alkyl halides is 3. The van der Waals surface area contributed by atoms with Crippen molar-refractivity contribution in [2.24, 2.45) is 0 Å². The second-order valence-corrected chi connectivity index (χ2v) is 4.02. The highest BCUT2D eigenvalue weighted by atomic mass is 19.4. The molecule has 0 saturated carbocycles. The zero-order valence-corrected chi connectivity index (χ0v) is 9.93. The van der Waals surface area contributed by atoms with E-state index in [1.807, 2.05) is 0 Å². The van der Waals surface area contributed by atoms with Crippen molar-refractivity contribution in [3.8, 4) is 0 Å². The van der Waals surface area contributed by atoms with Crippen molar-refractivity contribution < 1.29 is 22.0 Å². The molecule has 2 nitrogen and oxygen atoms in total. The van der Waals surface area contributed by atoms with E-state index in [1.165, 1.54) is 6.07 Å². The molecule has 106 valence electrons. The molecule has 0 fully saturated rings. The molecule has 0 atom stereocenters. The summed E-state index contributed by atoms with van der Waals surface area (Å²) in [5.74, 6) is -1.98. The van der Waals surface area contributed by atoms with E-state index in [1.54, 1.807) is 0 Å². The number of anilines is 3. The molecule has 0 aliphatic rings. The van der Waals surface area contributed by atoms with Crippen molar-refractivity contribution >= 4 is 17.1 Å². The molecule has 0 unspecified atom stereocenters. The van der Waals surface area contributed by atoms with Gasteiger partial charge in [-0.05, 0) is 30.3 Å². The fourth-order valence-corrected chi connectivity index (χ4v) is 1.66. The first kappa shape index (κ1) is 14.1. The van der Waals surface area contributed by atoms with Crippen LogP contribution < -0.4 is 11.1 Å². The van der Waals surface area contributed by atoms with Crippen LogP contribution in [-0.2, 0) is 6.18 Å². The van der Waals surface area contributed by atoms with Gasteiger partial charge in [-0.15, -0.1) is 0 Å². The summed E-state index contributed by atoms with van der Waals surface area (Å²) in [6, 6.07) is 5.91. The number of nitrogens with two attached hydrogens (primary N) is 1. The van der Waals surface area contributed by atoms with E-state index >= 15 is 0 Å². The first-order chi connectivity index (χ1) is 9.29. The Morgan fingerprint density at radius 2 is 1.55 bits per heavy atom. The lowest BCUT2D eigenvalue weighted by atomic mass is 10.1. The smallest absolute Gasteiger partial charge is 0.399 e. The van der Waals surface area contributed by atoms with E-state index in [9.17, 15) is 22.0 Å². The van der Waals surface area contributed by atoms with Crippen LogP contribution >= 0.6 is 0 Å². The summed E-state index contributed by atoms with van der Waals surface area (Å²) in [6.07, 6.45) is -4.69. The van der Waals surface area contributed by atoms with Crippen LogP contribution in [0.3, 0.4) is 0 Å². The molecule has 0 aliphatic heterocycles. The molecule has 2 aromatic rings. The SMILES string of the molecule is Nc1ccc(Nc2c(F)cccc2F)c(C(F)(F)F)c1. The van der Waals surface area contributed by atoms with Crippen LogP contribution in [-0.4, -0.2) is 0 Å². The minimum atomic E-state index is -4.69. The van der Waals surface area contributed by atoms with Gasteiger partial charge in [0.2, 0.25) is 0 Å². The lowest BCUT2D eigenvalue weighted by Crippen LogP contribution is -2.10. The van der Waals surface area contributed by atoms with Crippen molar-refractivity contribution in [3.63, 3.8) is 0 Å². The Labute approximate surface area is 111 Å². The van der Waals surface area contributed by atoms with Gasteiger partial charge in [0, 0.05) is 5.69 Å². The molecule has 0 aromatic heterocycles. The molecule has 2 aromatic carbocycles. The zero-order chi connectivity index (χ0) is 14.9. The van der Waals surface area contributed by atoms with Crippen molar-refractivity contribution in [2.45, 2.75) is 6.18 Å². The van der Waals surface area contributed by atoms with Crippen LogP contribution in [0.25, 0.3) is 0 Å². The molecular formula is C13H9F5N2. The topological polar surface area (TPSA) is 38.0 Å². The van der Waals surface area contributed by atoms with Gasteiger partial charge in [-0.2, -0.15) is 13.2 Å². The Morgan fingerprint density at radius 1 is 0.950 bits per heavy atom. The fraction of sp³-hybridized carbons (Fsp3) is 0.0769. The average molecular weight is 288 g/mol. The van der Waals surface area contributed by atoms with Gasteiger partial charge < -0.3 is 11.1 Å². The standard InChI is InChI=1S/C13H9F5N2/c14-9-2-1-3-10(15)12(9)20-11-5-4-7(19)6-8(11)13(16,17)18/h1-6,20H,19H2. The molecule has 7 heteroatoms. The van der Waals surface area contributed by atoms with E-state index in [-0.39, 0.29) is 5.69 Å². The molecule has 0 amide bonds. The fourth-order valence-electron chi connectivity index (χ4n) is 1.66. The Balaban J connectivity index is 2.49. The lowest BCUT2D eigenvalue weighted by Gasteiger charge is -2.16. The number of hydrogen-bond acceptors (Lipinski definition) is 2. The van der Waals surface area contributed by atoms with Gasteiger partial charge in [-0.25, -0.2) is 8.78 Å². The number of nitrogen functional groups attached to an aromatic ring is 1. The number of para-hydroxylation sites is 1. The molecule has 0 spiro atoms. The molecule has 2 rings (SSSR count). The van der Waals surface area contributed by atoms with Crippen LogP contribution in [0.1, 0.15) is 5.56 Å². The predicted molar refractivity (Wildman–Crippen MR) is 65.5 cm³/mol. The van der Waals surface area contributed by atoms with E-state index in [4.69, 9.17) is 5.73 Å². The molecule has 0 saturated heterocycles. The summed E-state index contributed by atoms with van der Waals surface area (Å²) >= 11 is 0. The molecular weight excluding hydrogens is 279 g/mol. The van der Waals surface area contributed by atoms with Crippen LogP contribution in [0, 0.1) is 11.6 Å². The maximum atomic E-state index is 13.4. The van der Waals surface area contributed by atoms with E-state index in [0.717, 1.165) is 24.3 Å². The van der Waals surface area contributed by atoms with E-state index in [2.05, 4.69) is 5.32 Å². The quantitative estimate of drug-likeness (QED) is 0.638. The molecule has 0 bridgehead atoms. The van der Waals surface area contributed by atoms with Crippen LogP contribution in [0.15, 0.2) is 36.4 Å². The van der Waals surface area contributed by atoms with Gasteiger partial charge in [0.05, 0.1) is 11.3 Å². The monoisotopic (exact) mass is 288 g/mol. The van der Waals surface area contributed by atoms with Gasteiger partial charge in [-0.3, -0.25) is 0 Å². The van der Waals surface area contributed by atoms with E-state index in [0.29, 0.717) is 6.07 Å². The second-order valence-electron chi connectivity index (χ2n) is 4.02. The minimum Gasteiger partial charge on any atom is -0.399 e. The highest BCUT2D eigenvalue weighted by molar-refractivity contribution is 5.67. The summed E-state index contributed by atoms with van der Waals surface area (Å²) in [5.41, 5.74) is 2.98. The second kappa shape index (κ2) is 4.99. The van der Waals surface area contributed by atoms with Crippen LogP contribution in [0.2, 0.25) is 0 Å². The van der Waals surface area contributed by atoms with Gasteiger partial charge in [0.25, 0.3) is 0 Å². The minimum absolute atomic E-state index is 0.100. The maximum absolute atomic E-state index is 13.4. The summed E-state index contributed by atoms with van der Waals surface area (Å²) < 4.78 is 65.4. The maximum Gasteiger partial charge on any atom is 0.418 e. The average Bonchev–Trinajstić information content (AvgIpc) is 2.34. The molecule has 20 heavy (non-hydrogen) atoms. The third-order valence-electron chi connectivity index (χ3n) is 2.57. The normalized spacial score (nSPS) is 11.4. The number of hydrogen-bond donors (Lipinski definition) is 2. The summed E-state index contributed by atoms with van der Waals surface area (Å²) in [6.45, 7) is 0. The number of rotatable bonds is 2. The van der Waals surface area contributed by atoms with Gasteiger partial charge in [-0.1, -0.05) is 6.07 Å². The molecule has 3 N–H and O–H groups in total. The van der Waals surface area contributed by atoms with Gasteiger partial charge in [0.15, 0.2) is 0 Å². The Hall–Kier alpha value is -2.31. The molecule has 0 heterocycles. The van der Waals surface area contributed by atoms with Gasteiger partial charge in [0.1, 0.15) is 17.3 Å². The van der Waals surface area contributed by atoms with Gasteiger partial charge >= 0.3 is 6.18 Å². The van der Waals surface area contributed by atoms with Crippen LogP contribution in [0.4, 0.5) is 39.0 Å². The van der Waals surface area contributed by atoms with Crippen molar-refractivity contribution in [1.29, 1.82) is 0 Å². The predicted octanol–water partition coefficient (Wildman–Crippen LogP) is 4.31. The van der Waals surface area contributed by atoms with Crippen molar-refractivity contribution in [3.05, 3.63) is 53.6 Å². The third-order valence-corrected chi connectivity index (χ3v) is 2.57. The summed E-state index contributed by atoms with van der Waals surface area (Å²) in [7, 11) is 0. The summed E-state index contributed by atoms with van der Waals surface area (Å²) in [5, 5.41) is 2.12.